The highest BCUT2D eigenvalue weighted by Crippen LogP contribution is 2.20. The Kier molecular flexibility index (Phi) is 4.90. The Balaban J connectivity index is 3.28. The van der Waals surface area contributed by atoms with Gasteiger partial charge < -0.3 is 10.5 Å². The van der Waals surface area contributed by atoms with Gasteiger partial charge in [0.15, 0.2) is 0 Å². The van der Waals surface area contributed by atoms with Crippen LogP contribution in [0.1, 0.15) is 33.6 Å². The molecule has 0 aromatic carbocycles. The molecule has 0 bridgehead atoms. The van der Waals surface area contributed by atoms with Gasteiger partial charge >= 0.3 is 5.97 Å². The van der Waals surface area contributed by atoms with Crippen molar-refractivity contribution in [3.63, 3.8) is 0 Å². The Labute approximate surface area is 74.3 Å². The SMILES string of the molecule is CC(C)(C)CCCOC(=O)CN. The predicted molar refractivity (Wildman–Crippen MR) is 48.7 cm³/mol. The van der Waals surface area contributed by atoms with Crippen LogP contribution in [-0.4, -0.2) is 19.1 Å². The highest BCUT2D eigenvalue weighted by atomic mass is 16.5. The molecular weight excluding hydrogens is 154 g/mol. The summed E-state index contributed by atoms with van der Waals surface area (Å²) in [5.41, 5.74) is 5.38. The van der Waals surface area contributed by atoms with Crippen molar-refractivity contribution in [3.8, 4) is 0 Å². The molecule has 0 aliphatic carbocycles. The van der Waals surface area contributed by atoms with E-state index in [-0.39, 0.29) is 12.5 Å². The minimum absolute atomic E-state index is 0.0183. The number of hydrogen-bond acceptors (Lipinski definition) is 3. The zero-order chi connectivity index (χ0) is 9.61. The molecule has 0 aliphatic heterocycles. The Hall–Kier alpha value is -0.570. The third-order valence-electron chi connectivity index (χ3n) is 1.50. The summed E-state index contributed by atoms with van der Waals surface area (Å²) in [6.07, 6.45) is 1.97. The number of carbonyl (C=O) groups excluding carboxylic acids is 1. The smallest absolute Gasteiger partial charge is 0.319 e. The molecule has 0 unspecified atom stereocenters. The van der Waals surface area contributed by atoms with E-state index in [4.69, 9.17) is 10.5 Å². The standard InChI is InChI=1S/C9H19NO2/c1-9(2,3)5-4-6-12-8(11)7-10/h4-7,10H2,1-3H3. The number of esters is 1. The molecule has 0 atom stereocenters. The largest absolute Gasteiger partial charge is 0.465 e. The fourth-order valence-corrected chi connectivity index (χ4v) is 0.847. The minimum atomic E-state index is -0.316. The van der Waals surface area contributed by atoms with E-state index in [1.807, 2.05) is 0 Å². The van der Waals surface area contributed by atoms with Crippen LogP contribution in [-0.2, 0) is 9.53 Å². The lowest BCUT2D eigenvalue weighted by Gasteiger charge is -2.17. The maximum absolute atomic E-state index is 10.6. The van der Waals surface area contributed by atoms with Crippen LogP contribution >= 0.6 is 0 Å². The predicted octanol–water partition coefficient (Wildman–Crippen LogP) is 1.31. The van der Waals surface area contributed by atoms with Gasteiger partial charge in [-0.2, -0.15) is 0 Å². The minimum Gasteiger partial charge on any atom is -0.465 e. The molecule has 0 fully saturated rings. The molecule has 0 heterocycles. The van der Waals surface area contributed by atoms with Crippen LogP contribution < -0.4 is 5.73 Å². The molecule has 3 heteroatoms. The molecule has 72 valence electrons. The lowest BCUT2D eigenvalue weighted by molar-refractivity contribution is -0.142. The lowest BCUT2D eigenvalue weighted by Crippen LogP contribution is -2.18. The Bertz CT molecular complexity index is 138. The molecule has 12 heavy (non-hydrogen) atoms. The molecule has 0 spiro atoms. The van der Waals surface area contributed by atoms with Gasteiger partial charge in [0, 0.05) is 0 Å². The van der Waals surface area contributed by atoms with Crippen LogP contribution in [0.2, 0.25) is 0 Å². The summed E-state index contributed by atoms with van der Waals surface area (Å²) in [7, 11) is 0. The summed E-state index contributed by atoms with van der Waals surface area (Å²) in [5.74, 6) is -0.316. The number of rotatable bonds is 4. The van der Waals surface area contributed by atoms with Crippen molar-refractivity contribution >= 4 is 5.97 Å². The normalized spacial score (nSPS) is 11.3. The van der Waals surface area contributed by atoms with Crippen molar-refractivity contribution in [2.75, 3.05) is 13.2 Å². The van der Waals surface area contributed by atoms with E-state index in [0.29, 0.717) is 12.0 Å². The third kappa shape index (κ3) is 7.54. The van der Waals surface area contributed by atoms with E-state index in [1.54, 1.807) is 0 Å². The van der Waals surface area contributed by atoms with Crippen molar-refractivity contribution in [1.29, 1.82) is 0 Å². The lowest BCUT2D eigenvalue weighted by atomic mass is 9.91. The second-order valence-electron chi connectivity index (χ2n) is 4.09. The summed E-state index contributed by atoms with van der Waals surface area (Å²) in [6.45, 7) is 6.97. The maximum atomic E-state index is 10.6. The van der Waals surface area contributed by atoms with Gasteiger partial charge in [-0.05, 0) is 18.3 Å². The van der Waals surface area contributed by atoms with E-state index in [9.17, 15) is 4.79 Å². The zero-order valence-electron chi connectivity index (χ0n) is 8.22. The van der Waals surface area contributed by atoms with Crippen LogP contribution in [0.3, 0.4) is 0 Å². The van der Waals surface area contributed by atoms with Crippen LogP contribution in [0.5, 0.6) is 0 Å². The van der Waals surface area contributed by atoms with Gasteiger partial charge in [0.2, 0.25) is 0 Å². The second-order valence-corrected chi connectivity index (χ2v) is 4.09. The van der Waals surface area contributed by atoms with Crippen LogP contribution in [0.25, 0.3) is 0 Å². The molecule has 3 nitrogen and oxygen atoms in total. The Morgan fingerprint density at radius 1 is 1.42 bits per heavy atom. The van der Waals surface area contributed by atoms with Crippen molar-refractivity contribution in [2.24, 2.45) is 11.1 Å². The van der Waals surface area contributed by atoms with Gasteiger partial charge in [0.05, 0.1) is 13.2 Å². The van der Waals surface area contributed by atoms with E-state index in [1.165, 1.54) is 0 Å². The molecule has 0 aliphatic rings. The van der Waals surface area contributed by atoms with Crippen LogP contribution in [0.15, 0.2) is 0 Å². The van der Waals surface area contributed by atoms with Crippen molar-refractivity contribution in [3.05, 3.63) is 0 Å². The fraction of sp³-hybridized carbons (Fsp3) is 0.889. The van der Waals surface area contributed by atoms with Gasteiger partial charge in [0.25, 0.3) is 0 Å². The molecule has 2 N–H and O–H groups in total. The first kappa shape index (κ1) is 11.4. The van der Waals surface area contributed by atoms with E-state index >= 15 is 0 Å². The molecule has 0 saturated heterocycles. The third-order valence-corrected chi connectivity index (χ3v) is 1.50. The summed E-state index contributed by atoms with van der Waals surface area (Å²) < 4.78 is 4.82. The van der Waals surface area contributed by atoms with Gasteiger partial charge in [-0.25, -0.2) is 0 Å². The number of hydrogen-bond donors (Lipinski definition) is 1. The highest BCUT2D eigenvalue weighted by molar-refractivity contribution is 5.71. The van der Waals surface area contributed by atoms with Crippen molar-refractivity contribution in [2.45, 2.75) is 33.6 Å². The average Bonchev–Trinajstić information content (AvgIpc) is 1.96. The van der Waals surface area contributed by atoms with Crippen LogP contribution in [0.4, 0.5) is 0 Å². The van der Waals surface area contributed by atoms with E-state index in [0.717, 1.165) is 12.8 Å². The molecule has 0 aromatic heterocycles. The maximum Gasteiger partial charge on any atom is 0.319 e. The number of nitrogens with two attached hydrogens (primary N) is 1. The summed E-state index contributed by atoms with van der Waals surface area (Å²) in [5, 5.41) is 0. The molecule has 0 saturated carbocycles. The Morgan fingerprint density at radius 3 is 2.42 bits per heavy atom. The molecular formula is C9H19NO2. The average molecular weight is 173 g/mol. The number of carbonyl (C=O) groups is 1. The first-order chi connectivity index (χ1) is 5.45. The summed E-state index contributed by atoms with van der Waals surface area (Å²) in [4.78, 5) is 10.6. The number of ether oxygens (including phenoxy) is 1. The molecule has 0 amide bonds. The second kappa shape index (κ2) is 5.14. The molecule has 0 radical (unpaired) electrons. The van der Waals surface area contributed by atoms with Crippen LogP contribution in [0, 0.1) is 5.41 Å². The van der Waals surface area contributed by atoms with E-state index < -0.39 is 0 Å². The zero-order valence-corrected chi connectivity index (χ0v) is 8.22. The van der Waals surface area contributed by atoms with E-state index in [2.05, 4.69) is 20.8 Å². The monoisotopic (exact) mass is 173 g/mol. The quantitative estimate of drug-likeness (QED) is 0.515. The first-order valence-electron chi connectivity index (χ1n) is 4.31. The highest BCUT2D eigenvalue weighted by Gasteiger charge is 2.09. The topological polar surface area (TPSA) is 52.3 Å². The van der Waals surface area contributed by atoms with Gasteiger partial charge in [-0.1, -0.05) is 20.8 Å². The summed E-state index contributed by atoms with van der Waals surface area (Å²) >= 11 is 0. The summed E-state index contributed by atoms with van der Waals surface area (Å²) in [6, 6.07) is 0. The van der Waals surface area contributed by atoms with Crippen molar-refractivity contribution < 1.29 is 9.53 Å². The van der Waals surface area contributed by atoms with Crippen molar-refractivity contribution in [1.82, 2.24) is 0 Å². The molecule has 0 aromatic rings. The first-order valence-corrected chi connectivity index (χ1v) is 4.31. The van der Waals surface area contributed by atoms with Gasteiger partial charge in [-0.15, -0.1) is 0 Å². The van der Waals surface area contributed by atoms with Gasteiger partial charge in [-0.3, -0.25) is 4.79 Å². The fourth-order valence-electron chi connectivity index (χ4n) is 0.847. The van der Waals surface area contributed by atoms with Gasteiger partial charge in [0.1, 0.15) is 0 Å². The Morgan fingerprint density at radius 2 is 2.00 bits per heavy atom. The molecule has 0 rings (SSSR count).